The molecule has 2 heterocycles. The molecule has 0 atom stereocenters. The molecule has 0 saturated carbocycles. The average Bonchev–Trinajstić information content (AvgIpc) is 3.09. The number of carbonyl (C=O) groups is 1. The van der Waals surface area contributed by atoms with Gasteiger partial charge in [0.2, 0.25) is 0 Å². The number of nitrogens with zero attached hydrogens (tertiary/aromatic N) is 1. The lowest BCUT2D eigenvalue weighted by molar-refractivity contribution is 0.0982. The molecule has 0 unspecified atom stereocenters. The summed E-state index contributed by atoms with van der Waals surface area (Å²) < 4.78 is 0. The molecule has 1 aliphatic rings. The number of aliphatic imine (C=N–C) groups is 1. The van der Waals surface area contributed by atoms with Gasteiger partial charge in [0, 0.05) is 10.6 Å². The highest BCUT2D eigenvalue weighted by Gasteiger charge is 2.16. The van der Waals surface area contributed by atoms with Gasteiger partial charge in [-0.05, 0) is 24.1 Å². The molecular formula is C15H14N2OS2. The molecule has 20 heavy (non-hydrogen) atoms. The van der Waals surface area contributed by atoms with Crippen molar-refractivity contribution >= 4 is 34.2 Å². The van der Waals surface area contributed by atoms with Gasteiger partial charge in [-0.25, -0.2) is 0 Å². The lowest BCUT2D eigenvalue weighted by Gasteiger charge is -2.00. The van der Waals surface area contributed by atoms with E-state index in [1.54, 1.807) is 11.8 Å². The van der Waals surface area contributed by atoms with Crippen LogP contribution in [-0.2, 0) is 0 Å². The molecule has 1 aromatic heterocycles. The van der Waals surface area contributed by atoms with Gasteiger partial charge in [0.15, 0.2) is 5.17 Å². The number of amides is 1. The lowest BCUT2D eigenvalue weighted by atomic mass is 10.1. The molecule has 0 fully saturated rings. The maximum absolute atomic E-state index is 12.2. The van der Waals surface area contributed by atoms with Gasteiger partial charge >= 0.3 is 0 Å². The number of hydrogen-bond acceptors (Lipinski definition) is 4. The van der Waals surface area contributed by atoms with Crippen LogP contribution in [0.1, 0.15) is 15.2 Å². The Kier molecular flexibility index (Phi) is 3.89. The normalized spacial score (nSPS) is 14.2. The third kappa shape index (κ3) is 2.78. The number of benzene rings is 1. The van der Waals surface area contributed by atoms with Crippen molar-refractivity contribution in [3.8, 4) is 10.4 Å². The highest BCUT2D eigenvalue weighted by Crippen LogP contribution is 2.32. The summed E-state index contributed by atoms with van der Waals surface area (Å²) in [6.07, 6.45) is 0. The van der Waals surface area contributed by atoms with Crippen LogP contribution in [-0.4, -0.2) is 23.4 Å². The van der Waals surface area contributed by atoms with Gasteiger partial charge in [-0.1, -0.05) is 42.1 Å². The summed E-state index contributed by atoms with van der Waals surface area (Å²) in [7, 11) is 0. The molecule has 1 N–H and O–H groups in total. The molecule has 2 aromatic rings. The summed E-state index contributed by atoms with van der Waals surface area (Å²) in [4.78, 5) is 18.3. The topological polar surface area (TPSA) is 41.5 Å². The van der Waals surface area contributed by atoms with Crippen molar-refractivity contribution in [3.63, 3.8) is 0 Å². The van der Waals surface area contributed by atoms with E-state index in [2.05, 4.69) is 22.4 Å². The van der Waals surface area contributed by atoms with E-state index in [1.807, 2.05) is 31.2 Å². The second-order valence-corrected chi connectivity index (χ2v) is 6.61. The molecule has 0 spiro atoms. The summed E-state index contributed by atoms with van der Waals surface area (Å²) in [5.74, 6) is 0.891. The Balaban J connectivity index is 1.83. The van der Waals surface area contributed by atoms with Crippen LogP contribution in [0, 0.1) is 6.92 Å². The van der Waals surface area contributed by atoms with Crippen LogP contribution in [0.4, 0.5) is 0 Å². The second kappa shape index (κ2) is 5.81. The number of nitrogens with one attached hydrogen (secondary N) is 1. The molecule has 102 valence electrons. The van der Waals surface area contributed by atoms with Crippen molar-refractivity contribution in [2.75, 3.05) is 12.3 Å². The molecule has 0 bridgehead atoms. The molecular weight excluding hydrogens is 288 g/mol. The van der Waals surface area contributed by atoms with Crippen LogP contribution < -0.4 is 5.32 Å². The van der Waals surface area contributed by atoms with E-state index in [4.69, 9.17) is 0 Å². The van der Waals surface area contributed by atoms with Crippen molar-refractivity contribution in [1.82, 2.24) is 5.32 Å². The van der Waals surface area contributed by atoms with Gasteiger partial charge in [0.1, 0.15) is 0 Å². The summed E-state index contributed by atoms with van der Waals surface area (Å²) >= 11 is 3.12. The minimum absolute atomic E-state index is 0.0616. The number of amidine groups is 1. The molecule has 3 rings (SSSR count). The zero-order valence-corrected chi connectivity index (χ0v) is 12.7. The number of aryl methyl sites for hydroxylation is 1. The van der Waals surface area contributed by atoms with Crippen LogP contribution in [0.25, 0.3) is 10.4 Å². The molecule has 0 radical (unpaired) electrons. The van der Waals surface area contributed by atoms with Crippen molar-refractivity contribution in [3.05, 3.63) is 46.8 Å². The first-order valence-electron chi connectivity index (χ1n) is 6.38. The predicted molar refractivity (Wildman–Crippen MR) is 86.7 cm³/mol. The molecule has 1 aliphatic heterocycles. The van der Waals surface area contributed by atoms with Crippen LogP contribution >= 0.6 is 23.1 Å². The van der Waals surface area contributed by atoms with E-state index >= 15 is 0 Å². The third-order valence-corrected chi connectivity index (χ3v) is 5.16. The van der Waals surface area contributed by atoms with Gasteiger partial charge in [-0.3, -0.25) is 9.79 Å². The maximum atomic E-state index is 12.2. The standard InChI is InChI=1S/C15H14N2OS2/c1-10-9-12(14(18)17-15-16-7-8-19-15)20-13(10)11-5-3-2-4-6-11/h2-6,9H,7-8H2,1H3,(H,16,17,18). The first-order valence-corrected chi connectivity index (χ1v) is 8.19. The Labute approximate surface area is 126 Å². The van der Waals surface area contributed by atoms with Gasteiger partial charge in [-0.15, -0.1) is 11.3 Å². The molecule has 3 nitrogen and oxygen atoms in total. The Morgan fingerprint density at radius 1 is 1.30 bits per heavy atom. The van der Waals surface area contributed by atoms with E-state index in [1.165, 1.54) is 11.3 Å². The van der Waals surface area contributed by atoms with E-state index in [0.717, 1.165) is 38.3 Å². The van der Waals surface area contributed by atoms with E-state index in [0.29, 0.717) is 0 Å². The third-order valence-electron chi connectivity index (χ3n) is 2.98. The fraction of sp³-hybridized carbons (Fsp3) is 0.200. The SMILES string of the molecule is Cc1cc(C(=O)NC2=NCCS2)sc1-c1ccccc1. The monoisotopic (exact) mass is 302 g/mol. The smallest absolute Gasteiger partial charge is 0.267 e. The summed E-state index contributed by atoms with van der Waals surface area (Å²) in [6.45, 7) is 2.83. The van der Waals surface area contributed by atoms with Gasteiger partial charge in [0.25, 0.3) is 5.91 Å². The van der Waals surface area contributed by atoms with E-state index < -0.39 is 0 Å². The average molecular weight is 302 g/mol. The van der Waals surface area contributed by atoms with Gasteiger partial charge < -0.3 is 5.32 Å². The predicted octanol–water partition coefficient (Wildman–Crippen LogP) is 3.56. The van der Waals surface area contributed by atoms with Crippen molar-refractivity contribution in [1.29, 1.82) is 0 Å². The van der Waals surface area contributed by atoms with E-state index in [-0.39, 0.29) is 5.91 Å². The quantitative estimate of drug-likeness (QED) is 0.921. The molecule has 5 heteroatoms. The Morgan fingerprint density at radius 3 is 2.80 bits per heavy atom. The van der Waals surface area contributed by atoms with Crippen LogP contribution in [0.5, 0.6) is 0 Å². The summed E-state index contributed by atoms with van der Waals surface area (Å²) in [6, 6.07) is 12.1. The highest BCUT2D eigenvalue weighted by atomic mass is 32.2. The van der Waals surface area contributed by atoms with Crippen molar-refractivity contribution in [2.24, 2.45) is 4.99 Å². The molecule has 1 amide bonds. The van der Waals surface area contributed by atoms with Crippen molar-refractivity contribution < 1.29 is 4.79 Å². The van der Waals surface area contributed by atoms with Crippen LogP contribution in [0.15, 0.2) is 41.4 Å². The summed E-state index contributed by atoms with van der Waals surface area (Å²) in [5.41, 5.74) is 2.29. The Bertz CT molecular complexity index is 662. The fourth-order valence-corrected chi connectivity index (χ4v) is 3.84. The second-order valence-electron chi connectivity index (χ2n) is 4.48. The highest BCUT2D eigenvalue weighted by molar-refractivity contribution is 8.14. The minimum atomic E-state index is -0.0616. The maximum Gasteiger partial charge on any atom is 0.267 e. The number of thiophene rings is 1. The Morgan fingerprint density at radius 2 is 2.10 bits per heavy atom. The van der Waals surface area contributed by atoms with Crippen LogP contribution in [0.2, 0.25) is 0 Å². The minimum Gasteiger partial charge on any atom is -0.301 e. The number of rotatable bonds is 2. The Hall–Kier alpha value is -1.59. The van der Waals surface area contributed by atoms with Crippen molar-refractivity contribution in [2.45, 2.75) is 6.92 Å². The van der Waals surface area contributed by atoms with Gasteiger partial charge in [-0.2, -0.15) is 0 Å². The number of thioether (sulfide) groups is 1. The first-order chi connectivity index (χ1) is 9.74. The largest absolute Gasteiger partial charge is 0.301 e. The fourth-order valence-electron chi connectivity index (χ4n) is 2.04. The number of carbonyl (C=O) groups excluding carboxylic acids is 1. The zero-order valence-electron chi connectivity index (χ0n) is 11.1. The molecule has 0 saturated heterocycles. The molecule has 0 aliphatic carbocycles. The van der Waals surface area contributed by atoms with E-state index in [9.17, 15) is 4.79 Å². The molecule has 1 aromatic carbocycles. The summed E-state index contributed by atoms with van der Waals surface area (Å²) in [5, 5.41) is 3.61. The number of hydrogen-bond donors (Lipinski definition) is 1. The van der Waals surface area contributed by atoms with Gasteiger partial charge in [0.05, 0.1) is 11.4 Å². The zero-order chi connectivity index (χ0) is 13.9. The van der Waals surface area contributed by atoms with Crippen LogP contribution in [0.3, 0.4) is 0 Å². The first kappa shape index (κ1) is 13.4. The lowest BCUT2D eigenvalue weighted by Crippen LogP contribution is -2.26.